The van der Waals surface area contributed by atoms with Crippen LogP contribution in [0.25, 0.3) is 0 Å². The van der Waals surface area contributed by atoms with Crippen LogP contribution >= 0.6 is 0 Å². The molecule has 1 atom stereocenters. The van der Waals surface area contributed by atoms with Crippen molar-refractivity contribution in [2.75, 3.05) is 13.1 Å². The topological polar surface area (TPSA) is 44.1 Å². The summed E-state index contributed by atoms with van der Waals surface area (Å²) >= 11 is 0. The van der Waals surface area contributed by atoms with E-state index in [9.17, 15) is 4.79 Å². The minimum absolute atomic E-state index is 0.00178. The molecule has 3 nitrogen and oxygen atoms in total. The molecule has 0 saturated carbocycles. The molecule has 1 fully saturated rings. The number of nitriles is 1. The molecular weight excluding hydrogens is 188 g/mol. The van der Waals surface area contributed by atoms with Gasteiger partial charge in [-0.2, -0.15) is 5.26 Å². The summed E-state index contributed by atoms with van der Waals surface area (Å²) in [6.07, 6.45) is 1.61. The zero-order valence-electron chi connectivity index (χ0n) is 10.1. The van der Waals surface area contributed by atoms with E-state index in [-0.39, 0.29) is 11.3 Å². The molecule has 0 aromatic carbocycles. The van der Waals surface area contributed by atoms with Gasteiger partial charge in [0.15, 0.2) is 0 Å². The van der Waals surface area contributed by atoms with E-state index in [4.69, 9.17) is 5.26 Å². The van der Waals surface area contributed by atoms with E-state index in [1.807, 2.05) is 11.8 Å². The van der Waals surface area contributed by atoms with Crippen LogP contribution in [0.3, 0.4) is 0 Å². The molecule has 1 unspecified atom stereocenters. The highest BCUT2D eigenvalue weighted by Gasteiger charge is 2.40. The molecule has 15 heavy (non-hydrogen) atoms. The summed E-state index contributed by atoms with van der Waals surface area (Å²) in [5.41, 5.74) is -0.625. The van der Waals surface area contributed by atoms with Gasteiger partial charge in [-0.3, -0.25) is 4.79 Å². The van der Waals surface area contributed by atoms with Gasteiger partial charge in [-0.25, -0.2) is 0 Å². The number of rotatable bonds is 2. The van der Waals surface area contributed by atoms with Crippen molar-refractivity contribution in [1.29, 1.82) is 5.26 Å². The van der Waals surface area contributed by atoms with Crippen LogP contribution in [0.15, 0.2) is 0 Å². The number of carbonyl (C=O) groups is 1. The van der Waals surface area contributed by atoms with Crippen molar-refractivity contribution >= 4 is 5.91 Å². The van der Waals surface area contributed by atoms with Crippen LogP contribution < -0.4 is 0 Å². The second-order valence-electron chi connectivity index (χ2n) is 5.44. The van der Waals surface area contributed by atoms with Gasteiger partial charge in [-0.15, -0.1) is 0 Å². The molecule has 0 aromatic heterocycles. The van der Waals surface area contributed by atoms with Gasteiger partial charge in [0.1, 0.15) is 5.41 Å². The van der Waals surface area contributed by atoms with E-state index in [1.165, 1.54) is 0 Å². The maximum Gasteiger partial charge on any atom is 0.242 e. The van der Waals surface area contributed by atoms with Gasteiger partial charge >= 0.3 is 0 Å². The molecule has 1 amide bonds. The number of hydrogen-bond acceptors (Lipinski definition) is 2. The van der Waals surface area contributed by atoms with Gasteiger partial charge in [0.25, 0.3) is 0 Å². The summed E-state index contributed by atoms with van der Waals surface area (Å²) in [4.78, 5) is 14.0. The van der Waals surface area contributed by atoms with Crippen LogP contribution in [0, 0.1) is 22.2 Å². The normalized spacial score (nSPS) is 23.3. The fourth-order valence-corrected chi connectivity index (χ4v) is 1.91. The average Bonchev–Trinajstić information content (AvgIpc) is 2.56. The highest BCUT2D eigenvalue weighted by atomic mass is 16.2. The van der Waals surface area contributed by atoms with Crippen LogP contribution in [0.5, 0.6) is 0 Å². The monoisotopic (exact) mass is 208 g/mol. The Labute approximate surface area is 92.1 Å². The van der Waals surface area contributed by atoms with E-state index in [0.29, 0.717) is 6.42 Å². The molecular formula is C12H20N2O. The lowest BCUT2D eigenvalue weighted by atomic mass is 9.87. The second-order valence-corrected chi connectivity index (χ2v) is 5.44. The minimum Gasteiger partial charge on any atom is -0.341 e. The van der Waals surface area contributed by atoms with Crippen molar-refractivity contribution < 1.29 is 4.79 Å². The third-order valence-electron chi connectivity index (χ3n) is 3.39. The van der Waals surface area contributed by atoms with Gasteiger partial charge in [0, 0.05) is 13.1 Å². The lowest BCUT2D eigenvalue weighted by molar-refractivity contribution is -0.137. The Morgan fingerprint density at radius 2 is 2.20 bits per heavy atom. The molecule has 1 heterocycles. The Balaban J connectivity index is 2.76. The van der Waals surface area contributed by atoms with E-state index < -0.39 is 5.41 Å². The number of likely N-dealkylation sites (tertiary alicyclic amines) is 1. The SMILES string of the molecule is CCC(C)(C#N)C(=O)N1CCC(C)(C)C1. The number of amides is 1. The van der Waals surface area contributed by atoms with Gasteiger partial charge in [0.05, 0.1) is 6.07 Å². The first kappa shape index (κ1) is 12.0. The van der Waals surface area contributed by atoms with Gasteiger partial charge in [0.2, 0.25) is 5.91 Å². The molecule has 1 saturated heterocycles. The molecule has 0 radical (unpaired) electrons. The van der Waals surface area contributed by atoms with Crippen LogP contribution in [0.4, 0.5) is 0 Å². The van der Waals surface area contributed by atoms with Crippen molar-refractivity contribution in [3.05, 3.63) is 0 Å². The van der Waals surface area contributed by atoms with Crippen molar-refractivity contribution in [2.45, 2.75) is 40.5 Å². The van der Waals surface area contributed by atoms with E-state index in [1.54, 1.807) is 6.92 Å². The Morgan fingerprint density at radius 1 is 1.60 bits per heavy atom. The molecule has 1 aliphatic heterocycles. The van der Waals surface area contributed by atoms with Crippen molar-refractivity contribution in [3.8, 4) is 6.07 Å². The number of hydrogen-bond donors (Lipinski definition) is 0. The summed E-state index contributed by atoms with van der Waals surface area (Å²) in [7, 11) is 0. The Bertz CT molecular complexity index is 303. The van der Waals surface area contributed by atoms with Crippen LogP contribution in [0.1, 0.15) is 40.5 Å². The standard InChI is InChI=1S/C12H20N2O/c1-5-12(4,8-13)10(15)14-7-6-11(2,3)9-14/h5-7,9H2,1-4H3. The van der Waals surface area contributed by atoms with Gasteiger partial charge < -0.3 is 4.90 Å². The lowest BCUT2D eigenvalue weighted by Gasteiger charge is -2.27. The van der Waals surface area contributed by atoms with E-state index in [0.717, 1.165) is 19.5 Å². The van der Waals surface area contributed by atoms with Crippen molar-refractivity contribution in [3.63, 3.8) is 0 Å². The predicted molar refractivity (Wildman–Crippen MR) is 59.0 cm³/mol. The third kappa shape index (κ3) is 2.31. The smallest absolute Gasteiger partial charge is 0.242 e. The highest BCUT2D eigenvalue weighted by Crippen LogP contribution is 2.32. The Hall–Kier alpha value is -1.04. The van der Waals surface area contributed by atoms with Gasteiger partial charge in [-0.1, -0.05) is 20.8 Å². The first-order chi connectivity index (χ1) is 6.84. The van der Waals surface area contributed by atoms with Crippen LogP contribution in [-0.4, -0.2) is 23.9 Å². The summed E-state index contributed by atoms with van der Waals surface area (Å²) in [5, 5.41) is 9.05. The molecule has 0 N–H and O–H groups in total. The second kappa shape index (κ2) is 3.84. The molecule has 84 valence electrons. The van der Waals surface area contributed by atoms with E-state index >= 15 is 0 Å². The molecule has 0 bridgehead atoms. The number of carbonyl (C=O) groups excluding carboxylic acids is 1. The van der Waals surface area contributed by atoms with E-state index in [2.05, 4.69) is 19.9 Å². The minimum atomic E-state index is -0.833. The fourth-order valence-electron chi connectivity index (χ4n) is 1.91. The molecule has 3 heteroatoms. The largest absolute Gasteiger partial charge is 0.341 e. The summed E-state index contributed by atoms with van der Waals surface area (Å²) in [6.45, 7) is 9.53. The van der Waals surface area contributed by atoms with Gasteiger partial charge in [-0.05, 0) is 25.2 Å². The number of nitrogens with zero attached hydrogens (tertiary/aromatic N) is 2. The quantitative estimate of drug-likeness (QED) is 0.698. The summed E-state index contributed by atoms with van der Waals surface area (Å²) < 4.78 is 0. The molecule has 0 spiro atoms. The highest BCUT2D eigenvalue weighted by molar-refractivity contribution is 5.85. The third-order valence-corrected chi connectivity index (χ3v) is 3.39. The maximum atomic E-state index is 12.1. The summed E-state index contributed by atoms with van der Waals surface area (Å²) in [5.74, 6) is -0.00178. The Kier molecular flexibility index (Phi) is 3.08. The van der Waals surface area contributed by atoms with Crippen LogP contribution in [0.2, 0.25) is 0 Å². The first-order valence-electron chi connectivity index (χ1n) is 5.55. The first-order valence-corrected chi connectivity index (χ1v) is 5.55. The predicted octanol–water partition coefficient (Wildman–Crippen LogP) is 2.18. The van der Waals surface area contributed by atoms with Crippen LogP contribution in [-0.2, 0) is 4.79 Å². The lowest BCUT2D eigenvalue weighted by Crippen LogP contribution is -2.40. The Morgan fingerprint density at radius 3 is 2.53 bits per heavy atom. The zero-order valence-corrected chi connectivity index (χ0v) is 10.1. The average molecular weight is 208 g/mol. The maximum absolute atomic E-state index is 12.1. The molecule has 0 aromatic rings. The molecule has 1 aliphatic rings. The zero-order chi connectivity index (χ0) is 11.7. The molecule has 1 rings (SSSR count). The van der Waals surface area contributed by atoms with Crippen molar-refractivity contribution in [2.24, 2.45) is 10.8 Å². The fraction of sp³-hybridized carbons (Fsp3) is 0.833. The molecule has 0 aliphatic carbocycles. The summed E-state index contributed by atoms with van der Waals surface area (Å²) in [6, 6.07) is 2.14. The van der Waals surface area contributed by atoms with Crippen molar-refractivity contribution in [1.82, 2.24) is 4.90 Å².